The molecule has 0 heterocycles. The summed E-state index contributed by atoms with van der Waals surface area (Å²) in [6.07, 6.45) is 1.75. The Morgan fingerprint density at radius 3 is 2.33 bits per heavy atom. The van der Waals surface area contributed by atoms with Gasteiger partial charge < -0.3 is 0 Å². The van der Waals surface area contributed by atoms with Gasteiger partial charge in [0.05, 0.1) is 0 Å². The van der Waals surface area contributed by atoms with E-state index in [1.54, 1.807) is 24.5 Å². The molecule has 0 fully saturated rings. The number of benzene rings is 1. The maximum absolute atomic E-state index is 10.8. The van der Waals surface area contributed by atoms with Crippen LogP contribution in [0.15, 0.2) is 34.1 Å². The van der Waals surface area contributed by atoms with Crippen LogP contribution in [0.25, 0.3) is 0 Å². The maximum Gasteiger partial charge on any atom is 0.295 e. The highest BCUT2D eigenvalue weighted by Gasteiger charge is 2.12. The summed E-state index contributed by atoms with van der Waals surface area (Å²) in [5.41, 5.74) is 0. The molecule has 3 nitrogen and oxygen atoms in total. The van der Waals surface area contributed by atoms with Crippen LogP contribution in [0.4, 0.5) is 0 Å². The van der Waals surface area contributed by atoms with Gasteiger partial charge in [-0.05, 0) is 18.4 Å². The predicted molar refractivity (Wildman–Crippen MR) is 48.0 cm³/mol. The predicted octanol–water partition coefficient (Wildman–Crippen LogP) is 1.66. The highest BCUT2D eigenvalue weighted by Crippen LogP contribution is 2.23. The molecule has 0 aromatic heterocycles. The Balaban J connectivity index is 3.33. The maximum atomic E-state index is 10.8. The van der Waals surface area contributed by atoms with Gasteiger partial charge in [-0.25, -0.2) is 0 Å². The molecule has 12 heavy (non-hydrogen) atoms. The van der Waals surface area contributed by atoms with Crippen molar-refractivity contribution < 1.29 is 13.0 Å². The third-order valence-corrected chi connectivity index (χ3v) is 3.18. The number of thioether (sulfide) groups is 1. The summed E-state index contributed by atoms with van der Waals surface area (Å²) in [5.74, 6) is 0. The van der Waals surface area contributed by atoms with Gasteiger partial charge in [0.1, 0.15) is 4.90 Å². The Morgan fingerprint density at radius 2 is 1.92 bits per heavy atom. The van der Waals surface area contributed by atoms with E-state index < -0.39 is 10.1 Å². The molecular weight excluding hydrogens is 196 g/mol. The molecule has 0 radical (unpaired) electrons. The highest BCUT2D eigenvalue weighted by molar-refractivity contribution is 7.99. The molecular formula is C7H8O3S2. The first-order chi connectivity index (χ1) is 5.55. The fraction of sp³-hybridized carbons (Fsp3) is 0.143. The summed E-state index contributed by atoms with van der Waals surface area (Å²) in [7, 11) is -4.07. The van der Waals surface area contributed by atoms with E-state index in [0.717, 1.165) is 0 Å². The Hall–Kier alpha value is -0.520. The van der Waals surface area contributed by atoms with Crippen LogP contribution in [-0.4, -0.2) is 19.2 Å². The van der Waals surface area contributed by atoms with Gasteiger partial charge in [0.2, 0.25) is 0 Å². The average Bonchev–Trinajstić information content (AvgIpc) is 2.03. The molecule has 0 saturated carbocycles. The summed E-state index contributed by atoms with van der Waals surface area (Å²) < 4.78 is 30.3. The van der Waals surface area contributed by atoms with Crippen LogP contribution in [-0.2, 0) is 10.1 Å². The van der Waals surface area contributed by atoms with Crippen molar-refractivity contribution in [3.05, 3.63) is 24.3 Å². The van der Waals surface area contributed by atoms with Crippen molar-refractivity contribution in [2.45, 2.75) is 9.79 Å². The summed E-state index contributed by atoms with van der Waals surface area (Å²) in [4.78, 5) is 0.525. The van der Waals surface area contributed by atoms with Crippen LogP contribution < -0.4 is 0 Å². The standard InChI is InChI=1S/C7H8O3S2/c1-11-6-4-2-3-5-7(6)12(8,9)10/h2-5H,1H3,(H,8,9,10). The second-order valence-corrected chi connectivity index (χ2v) is 4.36. The molecule has 1 aromatic rings. The van der Waals surface area contributed by atoms with Gasteiger partial charge in [-0.2, -0.15) is 8.42 Å². The summed E-state index contributed by atoms with van der Waals surface area (Å²) in [6, 6.07) is 6.32. The minimum atomic E-state index is -4.07. The van der Waals surface area contributed by atoms with Crippen molar-refractivity contribution in [1.29, 1.82) is 0 Å². The second kappa shape index (κ2) is 3.47. The van der Waals surface area contributed by atoms with E-state index in [1.807, 2.05) is 0 Å². The minimum Gasteiger partial charge on any atom is -0.282 e. The Morgan fingerprint density at radius 1 is 1.33 bits per heavy atom. The molecule has 1 aromatic carbocycles. The largest absolute Gasteiger partial charge is 0.295 e. The van der Waals surface area contributed by atoms with Crippen molar-refractivity contribution in [3.8, 4) is 0 Å². The minimum absolute atomic E-state index is 0.0301. The van der Waals surface area contributed by atoms with E-state index in [0.29, 0.717) is 4.90 Å². The molecule has 0 amide bonds. The van der Waals surface area contributed by atoms with Gasteiger partial charge in [0, 0.05) is 4.90 Å². The lowest BCUT2D eigenvalue weighted by Crippen LogP contribution is -1.99. The van der Waals surface area contributed by atoms with Crippen molar-refractivity contribution in [2.24, 2.45) is 0 Å². The monoisotopic (exact) mass is 204 g/mol. The van der Waals surface area contributed by atoms with Gasteiger partial charge >= 0.3 is 0 Å². The van der Waals surface area contributed by atoms with Crippen LogP contribution in [0.5, 0.6) is 0 Å². The van der Waals surface area contributed by atoms with Gasteiger partial charge in [0.15, 0.2) is 0 Å². The SMILES string of the molecule is CSc1ccccc1S(=O)(=O)O. The first kappa shape index (κ1) is 9.57. The van der Waals surface area contributed by atoms with Crippen LogP contribution in [0.3, 0.4) is 0 Å². The second-order valence-electron chi connectivity index (χ2n) is 2.13. The molecule has 0 aliphatic carbocycles. The summed E-state index contributed by atoms with van der Waals surface area (Å²) in [6.45, 7) is 0. The average molecular weight is 204 g/mol. The van der Waals surface area contributed by atoms with Crippen LogP contribution >= 0.6 is 11.8 Å². The quantitative estimate of drug-likeness (QED) is 0.588. The fourth-order valence-corrected chi connectivity index (χ4v) is 2.45. The lowest BCUT2D eigenvalue weighted by molar-refractivity contribution is 0.481. The molecule has 1 rings (SSSR count). The van der Waals surface area contributed by atoms with Gasteiger partial charge in [-0.15, -0.1) is 11.8 Å². The summed E-state index contributed by atoms with van der Waals surface area (Å²) >= 11 is 1.28. The third kappa shape index (κ3) is 2.00. The van der Waals surface area contributed by atoms with Crippen molar-refractivity contribution in [3.63, 3.8) is 0 Å². The molecule has 0 aliphatic heterocycles. The lowest BCUT2D eigenvalue weighted by Gasteiger charge is -2.01. The van der Waals surface area contributed by atoms with E-state index in [9.17, 15) is 8.42 Å². The molecule has 0 unspecified atom stereocenters. The molecule has 0 atom stereocenters. The van der Waals surface area contributed by atoms with Gasteiger partial charge in [-0.1, -0.05) is 12.1 Å². The lowest BCUT2D eigenvalue weighted by atomic mass is 10.4. The molecule has 66 valence electrons. The van der Waals surface area contributed by atoms with Crippen molar-refractivity contribution in [2.75, 3.05) is 6.26 Å². The molecule has 0 bridgehead atoms. The van der Waals surface area contributed by atoms with E-state index in [-0.39, 0.29) is 4.90 Å². The van der Waals surface area contributed by atoms with Crippen molar-refractivity contribution in [1.82, 2.24) is 0 Å². The first-order valence-electron chi connectivity index (χ1n) is 3.16. The summed E-state index contributed by atoms with van der Waals surface area (Å²) in [5, 5.41) is 0. The third-order valence-electron chi connectivity index (χ3n) is 1.35. The molecule has 5 heteroatoms. The molecule has 0 aliphatic rings. The van der Waals surface area contributed by atoms with Crippen LogP contribution in [0, 0.1) is 0 Å². The number of rotatable bonds is 2. The topological polar surface area (TPSA) is 54.4 Å². The van der Waals surface area contributed by atoms with E-state index in [4.69, 9.17) is 4.55 Å². The number of hydrogen-bond donors (Lipinski definition) is 1. The van der Waals surface area contributed by atoms with E-state index in [2.05, 4.69) is 0 Å². The zero-order valence-electron chi connectivity index (χ0n) is 6.39. The normalized spacial score (nSPS) is 11.5. The van der Waals surface area contributed by atoms with Crippen molar-refractivity contribution >= 4 is 21.9 Å². The smallest absolute Gasteiger partial charge is 0.282 e. The Labute approximate surface area is 75.5 Å². The van der Waals surface area contributed by atoms with Crippen LogP contribution in [0.2, 0.25) is 0 Å². The van der Waals surface area contributed by atoms with E-state index in [1.165, 1.54) is 17.8 Å². The zero-order chi connectivity index (χ0) is 9.19. The van der Waals surface area contributed by atoms with Crippen LogP contribution in [0.1, 0.15) is 0 Å². The van der Waals surface area contributed by atoms with Gasteiger partial charge in [0.25, 0.3) is 10.1 Å². The molecule has 0 spiro atoms. The van der Waals surface area contributed by atoms with E-state index >= 15 is 0 Å². The fourth-order valence-electron chi connectivity index (χ4n) is 0.832. The van der Waals surface area contributed by atoms with Gasteiger partial charge in [-0.3, -0.25) is 4.55 Å². The molecule has 0 saturated heterocycles. The Kier molecular flexibility index (Phi) is 2.76. The zero-order valence-corrected chi connectivity index (χ0v) is 8.02. The first-order valence-corrected chi connectivity index (χ1v) is 5.82. The highest BCUT2D eigenvalue weighted by atomic mass is 32.2. The molecule has 1 N–H and O–H groups in total. The Bertz CT molecular complexity index is 370. The number of hydrogen-bond acceptors (Lipinski definition) is 3.